The van der Waals surface area contributed by atoms with Gasteiger partial charge < -0.3 is 14.8 Å². The van der Waals surface area contributed by atoms with E-state index in [2.05, 4.69) is 5.32 Å². The predicted octanol–water partition coefficient (Wildman–Crippen LogP) is 5.49. The number of carbonyl (C=O) groups is 2. The van der Waals surface area contributed by atoms with Crippen molar-refractivity contribution in [2.75, 3.05) is 5.32 Å². The molecule has 198 valence electrons. The highest BCUT2D eigenvalue weighted by Gasteiger charge is 2.50. The number of aromatic nitrogens is 1. The molecule has 0 radical (unpaired) electrons. The third-order valence-electron chi connectivity index (χ3n) is 7.52. The van der Waals surface area contributed by atoms with Gasteiger partial charge in [-0.3, -0.25) is 19.0 Å². The van der Waals surface area contributed by atoms with Gasteiger partial charge in [-0.15, -0.1) is 0 Å². The van der Waals surface area contributed by atoms with Gasteiger partial charge in [0.1, 0.15) is 17.2 Å². The predicted molar refractivity (Wildman–Crippen MR) is 137 cm³/mol. The monoisotopic (exact) mass is 522 g/mol. The number of ether oxygens (including phenoxy) is 2. The Bertz CT molecular complexity index is 1490. The number of rotatable bonds is 4. The molecule has 9 heteroatoms. The molecule has 0 unspecified atom stereocenters. The number of carbonyl (C=O) groups excluding carboxylic acids is 2. The lowest BCUT2D eigenvalue weighted by atomic mass is 9.90. The van der Waals surface area contributed by atoms with Crippen molar-refractivity contribution >= 4 is 17.4 Å². The number of pyridine rings is 1. The van der Waals surface area contributed by atoms with Crippen LogP contribution in [0.15, 0.2) is 53.3 Å². The summed E-state index contributed by atoms with van der Waals surface area (Å²) in [5, 5.41) is 2.55. The summed E-state index contributed by atoms with van der Waals surface area (Å²) >= 11 is 0. The number of nitrogens with zero attached hydrogens (tertiary/aromatic N) is 1. The highest BCUT2D eigenvalue weighted by molar-refractivity contribution is 6.06. The van der Waals surface area contributed by atoms with Gasteiger partial charge in [0.2, 0.25) is 0 Å². The molecule has 3 aromatic rings. The van der Waals surface area contributed by atoms with E-state index in [0.29, 0.717) is 30.6 Å². The molecular formula is C29H28F2N2O5. The molecule has 5 rings (SSSR count). The minimum atomic E-state index is -0.917. The number of amides is 1. The van der Waals surface area contributed by atoms with E-state index in [1.165, 1.54) is 47.0 Å². The number of hydrogen-bond donors (Lipinski definition) is 1. The van der Waals surface area contributed by atoms with Crippen molar-refractivity contribution in [2.24, 2.45) is 0 Å². The summed E-state index contributed by atoms with van der Waals surface area (Å²) in [7, 11) is 0. The van der Waals surface area contributed by atoms with Gasteiger partial charge in [0, 0.05) is 34.6 Å². The standard InChI is InChI=1S/C29H28F2N2O5/c1-28(2)29(3,4)38-27(37-28)19-13-10-17(14-22(19)31)32-25(35)21-15-20-23(6-5-7-24(20)34)33(26(21)36)18-11-8-16(30)9-12-18/h8-15,27H,5-7H2,1-4H3,(H,32,35). The first-order valence-corrected chi connectivity index (χ1v) is 12.4. The second kappa shape index (κ2) is 9.25. The van der Waals surface area contributed by atoms with Gasteiger partial charge in [-0.25, -0.2) is 8.78 Å². The fraction of sp³-hybridized carbons (Fsp3) is 0.345. The molecule has 2 aliphatic rings. The van der Waals surface area contributed by atoms with E-state index in [0.717, 1.165) is 6.07 Å². The van der Waals surface area contributed by atoms with Crippen molar-refractivity contribution in [1.82, 2.24) is 4.57 Å². The third-order valence-corrected chi connectivity index (χ3v) is 7.52. The fourth-order valence-electron chi connectivity index (χ4n) is 4.68. The molecule has 2 aromatic carbocycles. The van der Waals surface area contributed by atoms with Crippen molar-refractivity contribution in [1.29, 1.82) is 0 Å². The molecule has 1 amide bonds. The van der Waals surface area contributed by atoms with Crippen LogP contribution in [0.1, 0.15) is 78.8 Å². The van der Waals surface area contributed by atoms with Crippen LogP contribution in [0.2, 0.25) is 0 Å². The number of ketones is 1. The lowest BCUT2D eigenvalue weighted by molar-refractivity contribution is -0.0914. The van der Waals surface area contributed by atoms with Crippen LogP contribution in [-0.4, -0.2) is 27.5 Å². The number of nitrogens with one attached hydrogen (secondary N) is 1. The van der Waals surface area contributed by atoms with Crippen LogP contribution < -0.4 is 10.9 Å². The van der Waals surface area contributed by atoms with Gasteiger partial charge in [-0.1, -0.05) is 0 Å². The first kappa shape index (κ1) is 25.9. The summed E-state index contributed by atoms with van der Waals surface area (Å²) in [6.45, 7) is 7.45. The van der Waals surface area contributed by atoms with Crippen molar-refractivity contribution in [3.8, 4) is 5.69 Å². The highest BCUT2D eigenvalue weighted by Crippen LogP contribution is 2.45. The zero-order valence-corrected chi connectivity index (χ0v) is 21.6. The minimum Gasteiger partial charge on any atom is -0.339 e. The maximum atomic E-state index is 15.1. The molecule has 1 N–H and O–H groups in total. The average molecular weight is 523 g/mol. The van der Waals surface area contributed by atoms with Gasteiger partial charge in [0.25, 0.3) is 11.5 Å². The topological polar surface area (TPSA) is 86.6 Å². The molecule has 1 aliphatic carbocycles. The van der Waals surface area contributed by atoms with E-state index in [1.54, 1.807) is 0 Å². The zero-order valence-electron chi connectivity index (χ0n) is 21.6. The van der Waals surface area contributed by atoms with E-state index < -0.39 is 40.6 Å². The number of hydrogen-bond acceptors (Lipinski definition) is 5. The summed E-state index contributed by atoms with van der Waals surface area (Å²) in [5.41, 5.74) is -0.842. The van der Waals surface area contributed by atoms with Crippen molar-refractivity contribution in [3.05, 3.63) is 92.9 Å². The molecular weight excluding hydrogens is 494 g/mol. The van der Waals surface area contributed by atoms with Crippen molar-refractivity contribution in [2.45, 2.75) is 64.4 Å². The molecule has 38 heavy (non-hydrogen) atoms. The Kier molecular flexibility index (Phi) is 6.31. The Labute approximate surface area is 218 Å². The molecule has 0 spiro atoms. The second-order valence-corrected chi connectivity index (χ2v) is 10.6. The maximum Gasteiger partial charge on any atom is 0.268 e. The van der Waals surface area contributed by atoms with Gasteiger partial charge >= 0.3 is 0 Å². The Morgan fingerprint density at radius 3 is 2.24 bits per heavy atom. The lowest BCUT2D eigenvalue weighted by Crippen LogP contribution is -2.41. The smallest absolute Gasteiger partial charge is 0.268 e. The fourth-order valence-corrected chi connectivity index (χ4v) is 4.68. The maximum absolute atomic E-state index is 15.1. The van der Waals surface area contributed by atoms with Crippen LogP contribution in [0, 0.1) is 11.6 Å². The summed E-state index contributed by atoms with van der Waals surface area (Å²) in [4.78, 5) is 39.4. The number of benzene rings is 2. The van der Waals surface area contributed by atoms with Gasteiger partial charge in [0.05, 0.1) is 11.2 Å². The molecule has 1 fully saturated rings. The molecule has 2 heterocycles. The Morgan fingerprint density at radius 2 is 1.61 bits per heavy atom. The van der Waals surface area contributed by atoms with Crippen molar-refractivity contribution < 1.29 is 27.8 Å². The first-order valence-electron chi connectivity index (χ1n) is 12.4. The van der Waals surface area contributed by atoms with E-state index in [4.69, 9.17) is 9.47 Å². The van der Waals surface area contributed by atoms with Crippen molar-refractivity contribution in [3.63, 3.8) is 0 Å². The molecule has 0 atom stereocenters. The van der Waals surface area contributed by atoms with Crippen LogP contribution in [0.4, 0.5) is 14.5 Å². The third kappa shape index (κ3) is 4.46. The molecule has 0 bridgehead atoms. The number of halogens is 2. The average Bonchev–Trinajstić information content (AvgIpc) is 3.06. The summed E-state index contributed by atoms with van der Waals surface area (Å²) < 4.78 is 41.7. The van der Waals surface area contributed by atoms with Crippen LogP contribution >= 0.6 is 0 Å². The number of fused-ring (bicyclic) bond motifs is 1. The largest absolute Gasteiger partial charge is 0.339 e. The molecule has 0 saturated carbocycles. The molecule has 1 saturated heterocycles. The Balaban J connectivity index is 1.48. The summed E-state index contributed by atoms with van der Waals surface area (Å²) in [6, 6.07) is 10.6. The highest BCUT2D eigenvalue weighted by atomic mass is 19.1. The van der Waals surface area contributed by atoms with E-state index in [9.17, 15) is 18.8 Å². The summed E-state index contributed by atoms with van der Waals surface area (Å²) in [5.74, 6) is -2.11. The van der Waals surface area contributed by atoms with E-state index >= 15 is 4.39 Å². The van der Waals surface area contributed by atoms with Crippen LogP contribution in [-0.2, 0) is 15.9 Å². The van der Waals surface area contributed by atoms with Crippen LogP contribution in [0.3, 0.4) is 0 Å². The number of Topliss-reactive ketones (excluding diaryl/α,β-unsaturated/α-hetero) is 1. The molecule has 1 aliphatic heterocycles. The molecule has 7 nitrogen and oxygen atoms in total. The SMILES string of the molecule is CC1(C)OC(c2ccc(NC(=O)c3cc4c(n(-c5ccc(F)cc5)c3=O)CCCC4=O)cc2F)OC1(C)C. The van der Waals surface area contributed by atoms with Crippen LogP contribution in [0.5, 0.6) is 0 Å². The van der Waals surface area contributed by atoms with E-state index in [-0.39, 0.29) is 28.2 Å². The second-order valence-electron chi connectivity index (χ2n) is 10.6. The van der Waals surface area contributed by atoms with Gasteiger partial charge in [-0.2, -0.15) is 0 Å². The zero-order chi connectivity index (χ0) is 27.4. The van der Waals surface area contributed by atoms with Crippen LogP contribution in [0.25, 0.3) is 5.69 Å². The lowest BCUT2D eigenvalue weighted by Gasteiger charge is -2.30. The van der Waals surface area contributed by atoms with E-state index in [1.807, 2.05) is 27.7 Å². The van der Waals surface area contributed by atoms with Gasteiger partial charge in [0.15, 0.2) is 12.1 Å². The first-order chi connectivity index (χ1) is 17.9. The quantitative estimate of drug-likeness (QED) is 0.490. The molecule has 1 aromatic heterocycles. The Morgan fingerprint density at radius 1 is 0.947 bits per heavy atom. The Hall–Kier alpha value is -3.69. The minimum absolute atomic E-state index is 0.115. The summed E-state index contributed by atoms with van der Waals surface area (Å²) in [6.07, 6.45) is 0.397. The number of anilines is 1. The normalized spacial score (nSPS) is 18.3. The van der Waals surface area contributed by atoms with Gasteiger partial charge in [-0.05, 0) is 89.1 Å².